The SMILES string of the molecule is COc1ccc([C@H](CCN2C(=O)CCC2=O)[C@@H]2CCOC(C)(C)C2)cc1. The van der Waals surface area contributed by atoms with Gasteiger partial charge in [-0.15, -0.1) is 0 Å². The molecule has 0 saturated carbocycles. The number of hydrogen-bond acceptors (Lipinski definition) is 4. The van der Waals surface area contributed by atoms with Crippen molar-refractivity contribution < 1.29 is 19.1 Å². The van der Waals surface area contributed by atoms with E-state index in [9.17, 15) is 9.59 Å². The molecule has 2 aliphatic rings. The lowest BCUT2D eigenvalue weighted by Crippen LogP contribution is -2.37. The van der Waals surface area contributed by atoms with Gasteiger partial charge in [0.05, 0.1) is 12.7 Å². The van der Waals surface area contributed by atoms with Gasteiger partial charge in [-0.05, 0) is 62.6 Å². The molecule has 3 rings (SSSR count). The Morgan fingerprint density at radius 2 is 1.85 bits per heavy atom. The molecule has 0 unspecified atom stereocenters. The van der Waals surface area contributed by atoms with Crippen LogP contribution >= 0.6 is 0 Å². The summed E-state index contributed by atoms with van der Waals surface area (Å²) in [5.74, 6) is 1.54. The van der Waals surface area contributed by atoms with Crippen LogP contribution in [0.5, 0.6) is 5.75 Å². The number of methoxy groups -OCH3 is 1. The van der Waals surface area contributed by atoms with Crippen LogP contribution in [0.15, 0.2) is 24.3 Å². The first-order valence-corrected chi connectivity index (χ1v) is 9.51. The fourth-order valence-electron chi connectivity index (χ4n) is 4.29. The molecule has 2 heterocycles. The molecule has 5 heteroatoms. The highest BCUT2D eigenvalue weighted by Gasteiger charge is 2.35. The summed E-state index contributed by atoms with van der Waals surface area (Å²) >= 11 is 0. The molecule has 142 valence electrons. The minimum absolute atomic E-state index is 0.0317. The molecule has 0 spiro atoms. The van der Waals surface area contributed by atoms with Crippen molar-refractivity contribution in [2.45, 2.75) is 57.5 Å². The summed E-state index contributed by atoms with van der Waals surface area (Å²) in [5.41, 5.74) is 1.11. The van der Waals surface area contributed by atoms with E-state index in [0.29, 0.717) is 31.2 Å². The molecular weight excluding hydrogens is 330 g/mol. The maximum atomic E-state index is 12.0. The number of hydrogen-bond donors (Lipinski definition) is 0. The van der Waals surface area contributed by atoms with Crippen molar-refractivity contribution in [2.24, 2.45) is 5.92 Å². The Kier molecular flexibility index (Phi) is 5.66. The van der Waals surface area contributed by atoms with E-state index in [0.717, 1.165) is 31.6 Å². The van der Waals surface area contributed by atoms with E-state index in [2.05, 4.69) is 26.0 Å². The van der Waals surface area contributed by atoms with E-state index in [1.807, 2.05) is 12.1 Å². The first kappa shape index (κ1) is 18.9. The van der Waals surface area contributed by atoms with Crippen LogP contribution < -0.4 is 4.74 Å². The van der Waals surface area contributed by atoms with Gasteiger partial charge in [-0.25, -0.2) is 0 Å². The number of amides is 2. The first-order chi connectivity index (χ1) is 12.4. The highest BCUT2D eigenvalue weighted by molar-refractivity contribution is 6.01. The maximum Gasteiger partial charge on any atom is 0.229 e. The molecule has 0 bridgehead atoms. The lowest BCUT2D eigenvalue weighted by Gasteiger charge is -2.40. The van der Waals surface area contributed by atoms with Crippen molar-refractivity contribution in [2.75, 3.05) is 20.3 Å². The Morgan fingerprint density at radius 3 is 2.42 bits per heavy atom. The summed E-state index contributed by atoms with van der Waals surface area (Å²) in [7, 11) is 1.66. The molecule has 1 aromatic carbocycles. The van der Waals surface area contributed by atoms with E-state index in [-0.39, 0.29) is 17.4 Å². The van der Waals surface area contributed by atoms with Gasteiger partial charge in [-0.2, -0.15) is 0 Å². The molecule has 0 radical (unpaired) electrons. The minimum atomic E-state index is -0.132. The van der Waals surface area contributed by atoms with Crippen molar-refractivity contribution in [1.82, 2.24) is 4.90 Å². The highest BCUT2D eigenvalue weighted by Crippen LogP contribution is 2.40. The van der Waals surface area contributed by atoms with Gasteiger partial charge in [0.2, 0.25) is 11.8 Å². The maximum absolute atomic E-state index is 12.0. The largest absolute Gasteiger partial charge is 0.497 e. The van der Waals surface area contributed by atoms with Crippen molar-refractivity contribution >= 4 is 11.8 Å². The average Bonchev–Trinajstić information content (AvgIpc) is 2.93. The molecule has 2 amide bonds. The van der Waals surface area contributed by atoms with E-state index in [1.165, 1.54) is 10.5 Å². The van der Waals surface area contributed by atoms with Gasteiger partial charge in [0.1, 0.15) is 5.75 Å². The molecular formula is C21H29NO4. The Hall–Kier alpha value is -1.88. The summed E-state index contributed by atoms with van der Waals surface area (Å²) in [6.07, 6.45) is 3.49. The number of benzene rings is 1. The van der Waals surface area contributed by atoms with Crippen molar-refractivity contribution in [1.29, 1.82) is 0 Å². The van der Waals surface area contributed by atoms with Gasteiger partial charge in [0.25, 0.3) is 0 Å². The lowest BCUT2D eigenvalue weighted by molar-refractivity contribution is -0.138. The van der Waals surface area contributed by atoms with E-state index in [4.69, 9.17) is 9.47 Å². The van der Waals surface area contributed by atoms with Crippen molar-refractivity contribution in [3.05, 3.63) is 29.8 Å². The molecule has 2 atom stereocenters. The topological polar surface area (TPSA) is 55.8 Å². The van der Waals surface area contributed by atoms with Crippen LogP contribution in [-0.2, 0) is 14.3 Å². The van der Waals surface area contributed by atoms with Crippen LogP contribution in [0.4, 0.5) is 0 Å². The van der Waals surface area contributed by atoms with Gasteiger partial charge in [-0.1, -0.05) is 12.1 Å². The second kappa shape index (κ2) is 7.78. The summed E-state index contributed by atoms with van der Waals surface area (Å²) in [4.78, 5) is 25.4. The normalized spacial score (nSPS) is 24.0. The summed E-state index contributed by atoms with van der Waals surface area (Å²) in [5, 5.41) is 0. The zero-order valence-electron chi connectivity index (χ0n) is 16.0. The zero-order chi connectivity index (χ0) is 18.7. The molecule has 0 aliphatic carbocycles. The number of imide groups is 1. The van der Waals surface area contributed by atoms with Crippen LogP contribution in [-0.4, -0.2) is 42.6 Å². The first-order valence-electron chi connectivity index (χ1n) is 9.51. The van der Waals surface area contributed by atoms with Crippen LogP contribution in [0.3, 0.4) is 0 Å². The van der Waals surface area contributed by atoms with Gasteiger partial charge < -0.3 is 9.47 Å². The molecule has 2 saturated heterocycles. The molecule has 2 fully saturated rings. The molecule has 1 aromatic rings. The minimum Gasteiger partial charge on any atom is -0.497 e. The number of rotatable bonds is 6. The number of carbonyl (C=O) groups is 2. The fraction of sp³-hybridized carbons (Fsp3) is 0.619. The number of ether oxygens (including phenoxy) is 2. The van der Waals surface area contributed by atoms with Gasteiger partial charge in [0, 0.05) is 26.0 Å². The Labute approximate surface area is 155 Å². The smallest absolute Gasteiger partial charge is 0.229 e. The highest BCUT2D eigenvalue weighted by atomic mass is 16.5. The Balaban J connectivity index is 1.78. The molecule has 0 aromatic heterocycles. The number of carbonyl (C=O) groups excluding carboxylic acids is 2. The summed E-state index contributed by atoms with van der Waals surface area (Å²) in [6.45, 7) is 5.54. The number of likely N-dealkylation sites (tertiary alicyclic amines) is 1. The predicted octanol–water partition coefficient (Wildman–Crippen LogP) is 3.52. The quantitative estimate of drug-likeness (QED) is 0.729. The van der Waals surface area contributed by atoms with Gasteiger partial charge in [0.15, 0.2) is 0 Å². The third-order valence-electron chi connectivity index (χ3n) is 5.67. The summed E-state index contributed by atoms with van der Waals surface area (Å²) < 4.78 is 11.2. The zero-order valence-corrected chi connectivity index (χ0v) is 16.0. The molecule has 2 aliphatic heterocycles. The monoisotopic (exact) mass is 359 g/mol. The third kappa shape index (κ3) is 4.26. The summed E-state index contributed by atoms with van der Waals surface area (Å²) in [6, 6.07) is 8.19. The van der Waals surface area contributed by atoms with Gasteiger partial charge >= 0.3 is 0 Å². The fourth-order valence-corrected chi connectivity index (χ4v) is 4.29. The predicted molar refractivity (Wildman–Crippen MR) is 99.1 cm³/mol. The van der Waals surface area contributed by atoms with Crippen LogP contribution in [0.1, 0.15) is 57.4 Å². The van der Waals surface area contributed by atoms with Crippen LogP contribution in [0.2, 0.25) is 0 Å². The van der Waals surface area contributed by atoms with Crippen LogP contribution in [0.25, 0.3) is 0 Å². The van der Waals surface area contributed by atoms with Gasteiger partial charge in [-0.3, -0.25) is 14.5 Å². The van der Waals surface area contributed by atoms with E-state index >= 15 is 0 Å². The number of nitrogens with zero attached hydrogens (tertiary/aromatic N) is 1. The van der Waals surface area contributed by atoms with Crippen molar-refractivity contribution in [3.63, 3.8) is 0 Å². The second-order valence-electron chi connectivity index (χ2n) is 7.97. The molecule has 0 N–H and O–H groups in total. The Bertz CT molecular complexity index is 636. The third-order valence-corrected chi connectivity index (χ3v) is 5.67. The molecule has 5 nitrogen and oxygen atoms in total. The van der Waals surface area contributed by atoms with E-state index < -0.39 is 0 Å². The Morgan fingerprint density at radius 1 is 1.19 bits per heavy atom. The second-order valence-corrected chi connectivity index (χ2v) is 7.97. The molecule has 26 heavy (non-hydrogen) atoms. The standard InChI is InChI=1S/C21H29NO4/c1-21(2)14-16(11-13-26-21)18(15-4-6-17(25-3)7-5-15)10-12-22-19(23)8-9-20(22)24/h4-7,16,18H,8-14H2,1-3H3/t16-,18+/m1/s1. The lowest BCUT2D eigenvalue weighted by atomic mass is 9.75. The van der Waals surface area contributed by atoms with Crippen LogP contribution in [0, 0.1) is 5.92 Å². The van der Waals surface area contributed by atoms with E-state index in [1.54, 1.807) is 7.11 Å². The van der Waals surface area contributed by atoms with Crippen molar-refractivity contribution in [3.8, 4) is 5.75 Å². The average molecular weight is 359 g/mol.